The van der Waals surface area contributed by atoms with E-state index in [4.69, 9.17) is 5.73 Å². The van der Waals surface area contributed by atoms with E-state index in [9.17, 15) is 13.2 Å². The molecule has 3 N–H and O–H groups in total. The van der Waals surface area contributed by atoms with Gasteiger partial charge in [0, 0.05) is 11.9 Å². The van der Waals surface area contributed by atoms with Crippen molar-refractivity contribution in [1.29, 1.82) is 0 Å². The van der Waals surface area contributed by atoms with Gasteiger partial charge in [0.1, 0.15) is 0 Å². The number of nitrogens with one attached hydrogen (secondary N) is 1. The number of rotatable bonds is 2. The normalized spacial score (nSPS) is 11.3. The lowest BCUT2D eigenvalue weighted by molar-refractivity contribution is -0.137. The standard InChI is InChI=1S/C12H10F3N3/c13-12(14,15)8-1-3-10(4-2-8)18-11-5-9(16)6-17-7-11/h1-7,18H,16H2. The van der Waals surface area contributed by atoms with Crippen LogP contribution >= 0.6 is 0 Å². The zero-order chi connectivity index (χ0) is 13.2. The summed E-state index contributed by atoms with van der Waals surface area (Å²) >= 11 is 0. The Morgan fingerprint density at radius 3 is 2.22 bits per heavy atom. The van der Waals surface area contributed by atoms with Crippen molar-refractivity contribution in [3.63, 3.8) is 0 Å². The molecule has 2 aromatic rings. The Morgan fingerprint density at radius 2 is 1.67 bits per heavy atom. The lowest BCUT2D eigenvalue weighted by Crippen LogP contribution is -2.04. The van der Waals surface area contributed by atoms with Crippen LogP contribution in [0.15, 0.2) is 42.7 Å². The molecule has 2 rings (SSSR count). The molecule has 0 aliphatic rings. The predicted octanol–water partition coefficient (Wildman–Crippen LogP) is 3.43. The van der Waals surface area contributed by atoms with E-state index in [0.29, 0.717) is 17.1 Å². The molecule has 0 bridgehead atoms. The third-order valence-corrected chi connectivity index (χ3v) is 2.26. The minimum Gasteiger partial charge on any atom is -0.397 e. The second-order valence-corrected chi connectivity index (χ2v) is 3.71. The first kappa shape index (κ1) is 12.2. The van der Waals surface area contributed by atoms with Gasteiger partial charge in [-0.05, 0) is 30.3 Å². The molecular weight excluding hydrogens is 243 g/mol. The summed E-state index contributed by atoms with van der Waals surface area (Å²) in [6.07, 6.45) is -1.30. The van der Waals surface area contributed by atoms with Gasteiger partial charge in [-0.2, -0.15) is 13.2 Å². The quantitative estimate of drug-likeness (QED) is 0.862. The van der Waals surface area contributed by atoms with Gasteiger partial charge in [0.2, 0.25) is 0 Å². The Bertz CT molecular complexity index is 535. The van der Waals surface area contributed by atoms with E-state index >= 15 is 0 Å². The molecule has 3 nitrogen and oxygen atoms in total. The van der Waals surface area contributed by atoms with Crippen LogP contribution in [0.4, 0.5) is 30.2 Å². The van der Waals surface area contributed by atoms with Gasteiger partial charge in [-0.25, -0.2) is 0 Å². The van der Waals surface area contributed by atoms with Crippen molar-refractivity contribution in [2.45, 2.75) is 6.18 Å². The minimum absolute atomic E-state index is 0.479. The van der Waals surface area contributed by atoms with Crippen molar-refractivity contribution in [2.75, 3.05) is 11.1 Å². The van der Waals surface area contributed by atoms with Crippen molar-refractivity contribution in [3.8, 4) is 0 Å². The fourth-order valence-corrected chi connectivity index (χ4v) is 1.44. The van der Waals surface area contributed by atoms with Gasteiger partial charge in [-0.15, -0.1) is 0 Å². The van der Waals surface area contributed by atoms with Crippen molar-refractivity contribution in [1.82, 2.24) is 4.98 Å². The van der Waals surface area contributed by atoms with Crippen LogP contribution in [0.3, 0.4) is 0 Å². The van der Waals surface area contributed by atoms with E-state index in [1.54, 1.807) is 6.07 Å². The van der Waals surface area contributed by atoms with Crippen LogP contribution in [0.5, 0.6) is 0 Å². The summed E-state index contributed by atoms with van der Waals surface area (Å²) in [5.74, 6) is 0. The Labute approximate surface area is 101 Å². The van der Waals surface area contributed by atoms with Gasteiger partial charge in [-0.1, -0.05) is 0 Å². The second-order valence-electron chi connectivity index (χ2n) is 3.71. The summed E-state index contributed by atoms with van der Waals surface area (Å²) in [6.45, 7) is 0. The fourth-order valence-electron chi connectivity index (χ4n) is 1.44. The molecular formula is C12H10F3N3. The third kappa shape index (κ3) is 2.91. The van der Waals surface area contributed by atoms with E-state index in [1.165, 1.54) is 24.5 Å². The third-order valence-electron chi connectivity index (χ3n) is 2.26. The molecule has 0 atom stereocenters. The highest BCUT2D eigenvalue weighted by Crippen LogP contribution is 2.30. The Balaban J connectivity index is 2.16. The van der Waals surface area contributed by atoms with Gasteiger partial charge < -0.3 is 11.1 Å². The molecule has 0 spiro atoms. The van der Waals surface area contributed by atoms with Crippen LogP contribution in [-0.4, -0.2) is 4.98 Å². The summed E-state index contributed by atoms with van der Waals surface area (Å²) in [5.41, 5.74) is 6.50. The average Bonchev–Trinajstić information content (AvgIpc) is 2.28. The van der Waals surface area contributed by atoms with Crippen LogP contribution in [-0.2, 0) is 6.18 Å². The van der Waals surface area contributed by atoms with Crippen LogP contribution in [0.2, 0.25) is 0 Å². The highest BCUT2D eigenvalue weighted by atomic mass is 19.4. The molecule has 6 heteroatoms. The number of alkyl halides is 3. The molecule has 0 saturated carbocycles. The predicted molar refractivity (Wildman–Crippen MR) is 63.4 cm³/mol. The fraction of sp³-hybridized carbons (Fsp3) is 0.0833. The number of nitrogen functional groups attached to an aromatic ring is 1. The van der Waals surface area contributed by atoms with Gasteiger partial charge in [0.05, 0.1) is 23.1 Å². The first-order valence-electron chi connectivity index (χ1n) is 5.10. The number of aromatic nitrogens is 1. The number of pyridine rings is 1. The van der Waals surface area contributed by atoms with Crippen LogP contribution in [0, 0.1) is 0 Å². The van der Waals surface area contributed by atoms with Gasteiger partial charge in [-0.3, -0.25) is 4.98 Å². The SMILES string of the molecule is Nc1cncc(Nc2ccc(C(F)(F)F)cc2)c1. The molecule has 1 aromatic carbocycles. The van der Waals surface area contributed by atoms with E-state index in [2.05, 4.69) is 10.3 Å². The number of anilines is 3. The van der Waals surface area contributed by atoms with Crippen LogP contribution in [0.1, 0.15) is 5.56 Å². The average molecular weight is 253 g/mol. The molecule has 0 aliphatic carbocycles. The lowest BCUT2D eigenvalue weighted by atomic mass is 10.2. The maximum absolute atomic E-state index is 12.4. The van der Waals surface area contributed by atoms with Crippen molar-refractivity contribution < 1.29 is 13.2 Å². The Kier molecular flexibility index (Phi) is 3.10. The Morgan fingerprint density at radius 1 is 1.00 bits per heavy atom. The summed E-state index contributed by atoms with van der Waals surface area (Å²) in [7, 11) is 0. The number of halogens is 3. The number of hydrogen-bond donors (Lipinski definition) is 2. The zero-order valence-corrected chi connectivity index (χ0v) is 9.20. The highest BCUT2D eigenvalue weighted by Gasteiger charge is 2.29. The molecule has 1 heterocycles. The number of hydrogen-bond acceptors (Lipinski definition) is 3. The highest BCUT2D eigenvalue weighted by molar-refractivity contribution is 5.62. The van der Waals surface area contributed by atoms with Gasteiger partial charge in [0.15, 0.2) is 0 Å². The number of benzene rings is 1. The van der Waals surface area contributed by atoms with Crippen molar-refractivity contribution in [3.05, 3.63) is 48.3 Å². The molecule has 0 fully saturated rings. The number of nitrogens with two attached hydrogens (primary N) is 1. The van der Waals surface area contributed by atoms with Crippen molar-refractivity contribution in [2.24, 2.45) is 0 Å². The maximum atomic E-state index is 12.4. The minimum atomic E-state index is -4.32. The topological polar surface area (TPSA) is 50.9 Å². The lowest BCUT2D eigenvalue weighted by Gasteiger charge is -2.09. The van der Waals surface area contributed by atoms with E-state index in [-0.39, 0.29) is 0 Å². The van der Waals surface area contributed by atoms with E-state index in [0.717, 1.165) is 12.1 Å². The van der Waals surface area contributed by atoms with E-state index < -0.39 is 11.7 Å². The molecule has 0 saturated heterocycles. The molecule has 0 amide bonds. The summed E-state index contributed by atoms with van der Waals surface area (Å²) in [4.78, 5) is 3.87. The molecule has 0 aliphatic heterocycles. The summed E-state index contributed by atoms with van der Waals surface area (Å²) < 4.78 is 37.1. The Hall–Kier alpha value is -2.24. The molecule has 18 heavy (non-hydrogen) atoms. The largest absolute Gasteiger partial charge is 0.416 e. The first-order chi connectivity index (χ1) is 8.45. The van der Waals surface area contributed by atoms with Crippen LogP contribution in [0.25, 0.3) is 0 Å². The summed E-state index contributed by atoms with van der Waals surface area (Å²) in [5, 5.41) is 2.91. The zero-order valence-electron chi connectivity index (χ0n) is 9.20. The first-order valence-corrected chi connectivity index (χ1v) is 5.10. The number of nitrogens with zero attached hydrogens (tertiary/aromatic N) is 1. The molecule has 94 valence electrons. The smallest absolute Gasteiger partial charge is 0.397 e. The van der Waals surface area contributed by atoms with Crippen LogP contribution < -0.4 is 11.1 Å². The molecule has 1 aromatic heterocycles. The van der Waals surface area contributed by atoms with Gasteiger partial charge >= 0.3 is 6.18 Å². The monoisotopic (exact) mass is 253 g/mol. The second kappa shape index (κ2) is 4.56. The molecule has 0 radical (unpaired) electrons. The maximum Gasteiger partial charge on any atom is 0.416 e. The summed E-state index contributed by atoms with van der Waals surface area (Å²) in [6, 6.07) is 6.38. The molecule has 0 unspecified atom stereocenters. The van der Waals surface area contributed by atoms with Gasteiger partial charge in [0.25, 0.3) is 0 Å². The van der Waals surface area contributed by atoms with Crippen molar-refractivity contribution >= 4 is 17.1 Å². The van der Waals surface area contributed by atoms with E-state index in [1.807, 2.05) is 0 Å².